The molecule has 0 fully saturated rings. The van der Waals surface area contributed by atoms with Gasteiger partial charge < -0.3 is 8.39 Å². The maximum Gasteiger partial charge on any atom is 0.303 e. The highest BCUT2D eigenvalue weighted by molar-refractivity contribution is 7.36. The predicted molar refractivity (Wildman–Crippen MR) is 124 cm³/mol. The standard InChI is InChI=1S/C20H14NO2P.2C2H6/c21-24-22-17-11-9-13-5-1-3-7-15(13)19(17)20-16-8-4-2-6-14(16)10-12-18(20)23-24;2*1-2/h1-12H,21H2;2*1-2H3. The molecule has 0 radical (unpaired) electrons. The quantitative estimate of drug-likeness (QED) is 0.288. The van der Waals surface area contributed by atoms with Crippen molar-refractivity contribution < 1.29 is 8.39 Å². The summed E-state index contributed by atoms with van der Waals surface area (Å²) in [7, 11) is -1.50. The summed E-state index contributed by atoms with van der Waals surface area (Å²) in [4.78, 5) is 0. The van der Waals surface area contributed by atoms with Crippen molar-refractivity contribution in [2.24, 2.45) is 0 Å². The van der Waals surface area contributed by atoms with E-state index in [9.17, 15) is 0 Å². The van der Waals surface area contributed by atoms with E-state index in [1.165, 1.54) is 10.8 Å². The average Bonchev–Trinajstić information content (AvgIpc) is 2.92. The number of hydrogen-bond acceptors (Lipinski definition) is 3. The van der Waals surface area contributed by atoms with Crippen LogP contribution >= 0.6 is 8.16 Å². The molecule has 0 amide bonds. The van der Waals surface area contributed by atoms with Crippen molar-refractivity contribution in [1.82, 2.24) is 0 Å². The second-order valence-corrected chi connectivity index (χ2v) is 6.72. The molecule has 1 aromatic heterocycles. The average molecular weight is 391 g/mol. The summed E-state index contributed by atoms with van der Waals surface area (Å²) in [5.74, 6) is 0. The van der Waals surface area contributed by atoms with Crippen LogP contribution in [0.15, 0.2) is 81.2 Å². The summed E-state index contributed by atoms with van der Waals surface area (Å²) in [6.07, 6.45) is 0. The largest absolute Gasteiger partial charge is 0.408 e. The Morgan fingerprint density at radius 2 is 0.964 bits per heavy atom. The maximum absolute atomic E-state index is 6.07. The zero-order valence-corrected chi connectivity index (χ0v) is 17.7. The molecule has 0 atom stereocenters. The Bertz CT molecular complexity index is 1180. The van der Waals surface area contributed by atoms with E-state index in [1.807, 2.05) is 64.1 Å². The molecule has 4 aromatic carbocycles. The molecular weight excluding hydrogens is 365 g/mol. The Hall–Kier alpha value is -2.74. The molecule has 3 nitrogen and oxygen atoms in total. The first kappa shape index (κ1) is 20.0. The predicted octanol–water partition coefficient (Wildman–Crippen LogP) is 8.36. The molecule has 0 aliphatic rings. The van der Waals surface area contributed by atoms with E-state index in [4.69, 9.17) is 13.9 Å². The van der Waals surface area contributed by atoms with E-state index in [0.29, 0.717) is 0 Å². The van der Waals surface area contributed by atoms with Crippen molar-refractivity contribution in [3.05, 3.63) is 72.8 Å². The third kappa shape index (κ3) is 3.52. The lowest BCUT2D eigenvalue weighted by Crippen LogP contribution is -1.79. The van der Waals surface area contributed by atoms with Crippen molar-refractivity contribution in [3.63, 3.8) is 0 Å². The van der Waals surface area contributed by atoms with Crippen LogP contribution in [-0.2, 0) is 0 Å². The molecule has 144 valence electrons. The van der Waals surface area contributed by atoms with Gasteiger partial charge in [0.15, 0.2) is 0 Å². The van der Waals surface area contributed by atoms with Gasteiger partial charge in [0.1, 0.15) is 11.2 Å². The lowest BCUT2D eigenvalue weighted by atomic mass is 9.99. The Morgan fingerprint density at radius 3 is 1.39 bits per heavy atom. The normalized spacial score (nSPS) is 10.3. The zero-order valence-electron chi connectivity index (χ0n) is 16.8. The van der Waals surface area contributed by atoms with Gasteiger partial charge in [-0.2, -0.15) is 0 Å². The van der Waals surface area contributed by atoms with Gasteiger partial charge in [0.25, 0.3) is 0 Å². The minimum atomic E-state index is -1.50. The number of fused-ring (bicyclic) bond motifs is 7. The Labute approximate surface area is 166 Å². The van der Waals surface area contributed by atoms with Gasteiger partial charge in [-0.1, -0.05) is 88.4 Å². The summed E-state index contributed by atoms with van der Waals surface area (Å²) in [6.45, 7) is 8.00. The van der Waals surface area contributed by atoms with Crippen molar-refractivity contribution >= 4 is 51.6 Å². The molecule has 2 N–H and O–H groups in total. The number of nitrogens with two attached hydrogens (primary N) is 1. The number of benzene rings is 4. The van der Waals surface area contributed by atoms with Crippen LogP contribution in [-0.4, -0.2) is 0 Å². The van der Waals surface area contributed by atoms with E-state index in [-0.39, 0.29) is 0 Å². The highest BCUT2D eigenvalue weighted by atomic mass is 31.1. The van der Waals surface area contributed by atoms with Crippen molar-refractivity contribution in [2.75, 3.05) is 5.50 Å². The third-order valence-electron chi connectivity index (χ3n) is 4.41. The number of nitrogen functional groups attached to an aromatic ring is 1. The minimum Gasteiger partial charge on any atom is -0.408 e. The van der Waals surface area contributed by atoms with Crippen LogP contribution in [0, 0.1) is 0 Å². The SMILES string of the molecule is CC.CC.Np1oc2ccc3ccccc3c2c2c(ccc3ccccc32)o1. The minimum absolute atomic E-state index is 0.775. The maximum atomic E-state index is 6.07. The lowest BCUT2D eigenvalue weighted by Gasteiger charge is -2.05. The van der Waals surface area contributed by atoms with Gasteiger partial charge in [-0.25, -0.2) is 5.50 Å². The summed E-state index contributed by atoms with van der Waals surface area (Å²) in [6, 6.07) is 24.7. The van der Waals surface area contributed by atoms with Crippen molar-refractivity contribution in [2.45, 2.75) is 27.7 Å². The molecule has 28 heavy (non-hydrogen) atoms. The Kier molecular flexibility index (Phi) is 6.41. The summed E-state index contributed by atoms with van der Waals surface area (Å²) in [5.41, 5.74) is 7.62. The van der Waals surface area contributed by atoms with Crippen LogP contribution in [0.4, 0.5) is 0 Å². The van der Waals surface area contributed by atoms with Gasteiger partial charge in [-0.05, 0) is 33.7 Å². The number of hydrogen-bond donors (Lipinski definition) is 1. The molecule has 0 unspecified atom stereocenters. The molecule has 0 saturated heterocycles. The lowest BCUT2D eigenvalue weighted by molar-refractivity contribution is 0.648. The van der Waals surface area contributed by atoms with Crippen LogP contribution in [0.3, 0.4) is 0 Å². The van der Waals surface area contributed by atoms with E-state index < -0.39 is 8.16 Å². The molecule has 0 saturated carbocycles. The summed E-state index contributed by atoms with van der Waals surface area (Å²) in [5, 5.41) is 6.72. The van der Waals surface area contributed by atoms with Gasteiger partial charge in [-0.3, -0.25) is 0 Å². The summed E-state index contributed by atoms with van der Waals surface area (Å²) < 4.78 is 11.8. The molecule has 4 heteroatoms. The number of rotatable bonds is 0. The van der Waals surface area contributed by atoms with Crippen LogP contribution < -0.4 is 5.50 Å². The molecule has 0 aliphatic carbocycles. The van der Waals surface area contributed by atoms with Crippen LogP contribution in [0.25, 0.3) is 43.5 Å². The first-order valence-electron chi connectivity index (χ1n) is 9.76. The first-order valence-corrected chi connectivity index (χ1v) is 11.0. The van der Waals surface area contributed by atoms with E-state index in [1.54, 1.807) is 0 Å². The van der Waals surface area contributed by atoms with E-state index in [2.05, 4.69) is 36.4 Å². The Morgan fingerprint density at radius 1 is 0.571 bits per heavy atom. The highest BCUT2D eigenvalue weighted by Gasteiger charge is 2.11. The van der Waals surface area contributed by atoms with Crippen LogP contribution in [0.2, 0.25) is 0 Å². The van der Waals surface area contributed by atoms with Gasteiger partial charge in [0, 0.05) is 10.8 Å². The molecule has 0 bridgehead atoms. The fourth-order valence-corrected chi connectivity index (χ4v) is 4.11. The van der Waals surface area contributed by atoms with Crippen LogP contribution in [0.5, 0.6) is 0 Å². The van der Waals surface area contributed by atoms with Crippen LogP contribution in [0.1, 0.15) is 27.7 Å². The molecule has 0 spiro atoms. The third-order valence-corrected chi connectivity index (χ3v) is 5.16. The molecule has 5 aromatic rings. The second-order valence-electron chi connectivity index (χ2n) is 5.79. The first-order chi connectivity index (χ1) is 13.8. The van der Waals surface area contributed by atoms with E-state index in [0.717, 1.165) is 32.7 Å². The van der Waals surface area contributed by atoms with Crippen molar-refractivity contribution in [1.29, 1.82) is 0 Å². The fourth-order valence-electron chi connectivity index (χ4n) is 3.38. The smallest absolute Gasteiger partial charge is 0.303 e. The fraction of sp³-hybridized carbons (Fsp3) is 0.167. The molecule has 5 rings (SSSR count). The molecule has 1 heterocycles. The molecule has 0 aliphatic heterocycles. The molecular formula is C24H26NO2P. The summed E-state index contributed by atoms with van der Waals surface area (Å²) >= 11 is 0. The zero-order chi connectivity index (χ0) is 20.1. The Balaban J connectivity index is 0.000000531. The van der Waals surface area contributed by atoms with Gasteiger partial charge in [0.2, 0.25) is 0 Å². The second kappa shape index (κ2) is 8.97. The monoisotopic (exact) mass is 391 g/mol. The van der Waals surface area contributed by atoms with Gasteiger partial charge in [-0.15, -0.1) is 0 Å². The van der Waals surface area contributed by atoms with Gasteiger partial charge in [0.05, 0.1) is 0 Å². The van der Waals surface area contributed by atoms with Crippen molar-refractivity contribution in [3.8, 4) is 0 Å². The topological polar surface area (TPSA) is 52.3 Å². The van der Waals surface area contributed by atoms with E-state index >= 15 is 0 Å². The van der Waals surface area contributed by atoms with Gasteiger partial charge >= 0.3 is 8.16 Å². The highest BCUT2D eigenvalue weighted by Crippen LogP contribution is 2.38.